The van der Waals surface area contributed by atoms with Gasteiger partial charge in [0.05, 0.1) is 5.56 Å². The average Bonchev–Trinajstić information content (AvgIpc) is 2.33. The molecule has 0 atom stereocenters. The van der Waals surface area contributed by atoms with E-state index in [4.69, 9.17) is 12.2 Å². The predicted molar refractivity (Wildman–Crippen MR) is 63.6 cm³/mol. The molecule has 0 fully saturated rings. The predicted octanol–water partition coefficient (Wildman–Crippen LogP) is 2.36. The second-order valence-corrected chi connectivity index (χ2v) is 4.02. The van der Waals surface area contributed by atoms with Gasteiger partial charge < -0.3 is 0 Å². The second kappa shape index (κ2) is 3.10. The fourth-order valence-corrected chi connectivity index (χ4v) is 2.27. The van der Waals surface area contributed by atoms with Gasteiger partial charge in [0, 0.05) is 10.9 Å². The molecule has 0 saturated heterocycles. The van der Waals surface area contributed by atoms with Crippen molar-refractivity contribution in [3.8, 4) is 0 Å². The van der Waals surface area contributed by atoms with E-state index in [2.05, 4.69) is 0 Å². The van der Waals surface area contributed by atoms with E-state index in [1.807, 2.05) is 24.3 Å². The molecule has 2 aromatic rings. The summed E-state index contributed by atoms with van der Waals surface area (Å²) in [5.41, 5.74) is 1.22. The Morgan fingerprint density at radius 2 is 1.69 bits per heavy atom. The minimum absolute atomic E-state index is 0.161. The number of amides is 1. The zero-order valence-electron chi connectivity index (χ0n) is 8.18. The number of thiocarbonyl (C=S) groups is 1. The summed E-state index contributed by atoms with van der Waals surface area (Å²) in [7, 11) is 0. The van der Waals surface area contributed by atoms with Gasteiger partial charge in [-0.25, -0.2) is 0 Å². The van der Waals surface area contributed by atoms with Crippen molar-refractivity contribution in [2.75, 3.05) is 0 Å². The highest BCUT2D eigenvalue weighted by Crippen LogP contribution is 2.29. The van der Waals surface area contributed by atoms with Crippen molar-refractivity contribution >= 4 is 33.9 Å². The first-order valence-corrected chi connectivity index (χ1v) is 5.20. The summed E-state index contributed by atoms with van der Waals surface area (Å²) < 4.78 is 0. The van der Waals surface area contributed by atoms with Crippen LogP contribution in [0.3, 0.4) is 0 Å². The van der Waals surface area contributed by atoms with Crippen molar-refractivity contribution in [2.45, 2.75) is 0 Å². The topological polar surface area (TPSA) is 40.5 Å². The highest BCUT2D eigenvalue weighted by molar-refractivity contribution is 7.80. The summed E-state index contributed by atoms with van der Waals surface area (Å²) in [5.74, 6) is -0.464. The molecule has 16 heavy (non-hydrogen) atoms. The van der Waals surface area contributed by atoms with Crippen LogP contribution in [-0.2, 0) is 0 Å². The van der Waals surface area contributed by atoms with Crippen LogP contribution in [0.1, 0.15) is 15.9 Å². The van der Waals surface area contributed by atoms with E-state index in [0.29, 0.717) is 10.6 Å². The van der Waals surface area contributed by atoms with Gasteiger partial charge in [-0.3, -0.25) is 10.0 Å². The lowest BCUT2D eigenvalue weighted by Crippen LogP contribution is -2.36. The van der Waals surface area contributed by atoms with Gasteiger partial charge in [-0.05, 0) is 11.5 Å². The van der Waals surface area contributed by atoms with Gasteiger partial charge in [-0.15, -0.1) is 0 Å². The monoisotopic (exact) mass is 229 g/mol. The molecule has 3 nitrogen and oxygen atoms in total. The molecule has 0 saturated carbocycles. The molecule has 3 rings (SSSR count). The zero-order chi connectivity index (χ0) is 11.3. The fraction of sp³-hybridized carbons (Fsp3) is 0. The molecule has 0 spiro atoms. The van der Waals surface area contributed by atoms with Gasteiger partial charge in [0.2, 0.25) is 0 Å². The smallest absolute Gasteiger partial charge is 0.280 e. The lowest BCUT2D eigenvalue weighted by atomic mass is 9.96. The van der Waals surface area contributed by atoms with Crippen LogP contribution in [0.2, 0.25) is 0 Å². The maximum absolute atomic E-state index is 11.8. The van der Waals surface area contributed by atoms with Gasteiger partial charge in [0.15, 0.2) is 0 Å². The molecule has 0 aromatic heterocycles. The first-order chi connectivity index (χ1) is 7.70. The Bertz CT molecular complexity index is 585. The molecule has 1 heterocycles. The lowest BCUT2D eigenvalue weighted by Gasteiger charge is -2.23. The van der Waals surface area contributed by atoms with Gasteiger partial charge in [-0.1, -0.05) is 42.5 Å². The third kappa shape index (κ3) is 1.05. The summed E-state index contributed by atoms with van der Waals surface area (Å²) in [5, 5.41) is 11.9. The molecular weight excluding hydrogens is 222 g/mol. The van der Waals surface area contributed by atoms with Crippen LogP contribution in [0.25, 0.3) is 10.8 Å². The minimum atomic E-state index is -0.464. The van der Waals surface area contributed by atoms with Crippen LogP contribution in [0.4, 0.5) is 0 Å². The quantitative estimate of drug-likeness (QED) is 0.557. The molecule has 1 aliphatic rings. The van der Waals surface area contributed by atoms with Crippen LogP contribution in [0.15, 0.2) is 36.4 Å². The van der Waals surface area contributed by atoms with Crippen molar-refractivity contribution in [1.29, 1.82) is 0 Å². The van der Waals surface area contributed by atoms with E-state index in [1.54, 1.807) is 12.1 Å². The van der Waals surface area contributed by atoms with Crippen LogP contribution in [0, 0.1) is 0 Å². The Morgan fingerprint density at radius 3 is 2.38 bits per heavy atom. The summed E-state index contributed by atoms with van der Waals surface area (Å²) in [6, 6.07) is 11.0. The number of benzene rings is 2. The van der Waals surface area contributed by atoms with Crippen molar-refractivity contribution < 1.29 is 10.0 Å². The first-order valence-electron chi connectivity index (χ1n) is 4.79. The molecule has 4 heteroatoms. The SMILES string of the molecule is O=C1c2cccc3cccc(c23)C(=S)N1O. The van der Waals surface area contributed by atoms with Gasteiger partial charge in [0.25, 0.3) is 5.91 Å². The minimum Gasteiger partial charge on any atom is -0.280 e. The molecule has 0 unspecified atom stereocenters. The molecule has 1 N–H and O–H groups in total. The third-order valence-corrected chi connectivity index (χ3v) is 3.14. The molecular formula is C12H7NO2S. The second-order valence-electron chi connectivity index (χ2n) is 3.63. The number of carbonyl (C=O) groups excluding carboxylic acids is 1. The number of nitrogens with zero attached hydrogens (tertiary/aromatic N) is 1. The van der Waals surface area contributed by atoms with Gasteiger partial charge >= 0.3 is 0 Å². The molecule has 0 aliphatic carbocycles. The van der Waals surface area contributed by atoms with Crippen LogP contribution in [-0.4, -0.2) is 21.2 Å². The average molecular weight is 229 g/mol. The summed E-state index contributed by atoms with van der Waals surface area (Å²) >= 11 is 5.05. The summed E-state index contributed by atoms with van der Waals surface area (Å²) in [6.45, 7) is 0. The van der Waals surface area contributed by atoms with Crippen LogP contribution in [0.5, 0.6) is 0 Å². The number of rotatable bonds is 0. The highest BCUT2D eigenvalue weighted by Gasteiger charge is 2.28. The van der Waals surface area contributed by atoms with E-state index < -0.39 is 5.91 Å². The highest BCUT2D eigenvalue weighted by atomic mass is 32.1. The summed E-state index contributed by atoms with van der Waals surface area (Å²) in [6.07, 6.45) is 0. The Kier molecular flexibility index (Phi) is 1.83. The van der Waals surface area contributed by atoms with Crippen molar-refractivity contribution in [3.05, 3.63) is 47.5 Å². The van der Waals surface area contributed by atoms with Crippen molar-refractivity contribution in [2.24, 2.45) is 0 Å². The van der Waals surface area contributed by atoms with E-state index in [9.17, 15) is 10.0 Å². The normalized spacial score (nSPS) is 14.7. The zero-order valence-corrected chi connectivity index (χ0v) is 8.99. The number of hydrogen-bond donors (Lipinski definition) is 1. The molecule has 0 radical (unpaired) electrons. The van der Waals surface area contributed by atoms with Crippen molar-refractivity contribution in [1.82, 2.24) is 5.06 Å². The van der Waals surface area contributed by atoms with Crippen LogP contribution < -0.4 is 0 Å². The molecule has 78 valence electrons. The van der Waals surface area contributed by atoms with E-state index in [1.165, 1.54) is 0 Å². The number of carbonyl (C=O) groups is 1. The largest absolute Gasteiger partial charge is 0.283 e. The molecule has 1 aliphatic heterocycles. The van der Waals surface area contributed by atoms with E-state index in [-0.39, 0.29) is 4.99 Å². The standard InChI is InChI=1S/C12H7NO2S/c14-11-8-5-1-3-7-4-2-6-9(10(7)8)12(16)13(11)15/h1-6,15H. The van der Waals surface area contributed by atoms with Gasteiger partial charge in [-0.2, -0.15) is 5.06 Å². The van der Waals surface area contributed by atoms with Crippen LogP contribution >= 0.6 is 12.2 Å². The van der Waals surface area contributed by atoms with E-state index in [0.717, 1.165) is 16.3 Å². The van der Waals surface area contributed by atoms with Gasteiger partial charge in [0.1, 0.15) is 4.99 Å². The molecule has 0 bridgehead atoms. The molecule has 2 aromatic carbocycles. The van der Waals surface area contributed by atoms with Crippen molar-refractivity contribution in [3.63, 3.8) is 0 Å². The number of hydroxylamine groups is 2. The van der Waals surface area contributed by atoms with E-state index >= 15 is 0 Å². The maximum Gasteiger partial charge on any atom is 0.283 e. The Hall–Kier alpha value is -1.78. The summed E-state index contributed by atoms with van der Waals surface area (Å²) in [4.78, 5) is 12.0. The Labute approximate surface area is 96.9 Å². The number of hydrogen-bond acceptors (Lipinski definition) is 3. The Balaban J connectivity index is 2.52. The Morgan fingerprint density at radius 1 is 1.06 bits per heavy atom. The molecule has 1 amide bonds. The lowest BCUT2D eigenvalue weighted by molar-refractivity contribution is -0.00109. The fourth-order valence-electron chi connectivity index (χ4n) is 2.02. The first kappa shape index (κ1) is 9.45. The third-order valence-electron chi connectivity index (χ3n) is 2.75. The maximum atomic E-state index is 11.8.